The number of primary amides is 1. The Morgan fingerprint density at radius 3 is 2.74 bits per heavy atom. The standard InChI is InChI=1S/C11H14N6O2/c1-6(2)7(8(12)18)14-10(19)9-15-11-13-4-3-5-17(11)16-9/h3-7H,1-2H3,(H2,12,18)(H,14,19)/t7-/m1/s1. The number of rotatable bonds is 4. The lowest BCUT2D eigenvalue weighted by molar-refractivity contribution is -0.120. The maximum atomic E-state index is 11.9. The van der Waals surface area contributed by atoms with E-state index in [9.17, 15) is 9.59 Å². The van der Waals surface area contributed by atoms with E-state index in [1.165, 1.54) is 4.52 Å². The number of fused-ring (bicyclic) bond motifs is 1. The lowest BCUT2D eigenvalue weighted by atomic mass is 10.0. The molecule has 2 rings (SSSR count). The molecule has 100 valence electrons. The Morgan fingerprint density at radius 2 is 2.16 bits per heavy atom. The van der Waals surface area contributed by atoms with E-state index in [1.54, 1.807) is 32.3 Å². The van der Waals surface area contributed by atoms with Gasteiger partial charge in [0, 0.05) is 12.4 Å². The van der Waals surface area contributed by atoms with Gasteiger partial charge < -0.3 is 11.1 Å². The molecule has 0 saturated heterocycles. The number of carbonyl (C=O) groups excluding carboxylic acids is 2. The zero-order chi connectivity index (χ0) is 14.0. The lowest BCUT2D eigenvalue weighted by Gasteiger charge is -2.17. The van der Waals surface area contributed by atoms with Crippen molar-refractivity contribution in [3.8, 4) is 0 Å². The lowest BCUT2D eigenvalue weighted by Crippen LogP contribution is -2.47. The Kier molecular flexibility index (Phi) is 3.41. The Balaban J connectivity index is 2.21. The van der Waals surface area contributed by atoms with Gasteiger partial charge in [-0.2, -0.15) is 4.98 Å². The largest absolute Gasteiger partial charge is 0.368 e. The molecular weight excluding hydrogens is 248 g/mol. The van der Waals surface area contributed by atoms with E-state index in [2.05, 4.69) is 20.4 Å². The van der Waals surface area contributed by atoms with Crippen LogP contribution in [-0.2, 0) is 4.79 Å². The van der Waals surface area contributed by atoms with E-state index in [0.717, 1.165) is 0 Å². The zero-order valence-corrected chi connectivity index (χ0v) is 10.6. The first-order valence-electron chi connectivity index (χ1n) is 5.76. The molecule has 2 heterocycles. The average molecular weight is 262 g/mol. The van der Waals surface area contributed by atoms with Crippen LogP contribution >= 0.6 is 0 Å². The quantitative estimate of drug-likeness (QED) is 0.760. The van der Waals surface area contributed by atoms with Gasteiger partial charge in [0.1, 0.15) is 6.04 Å². The van der Waals surface area contributed by atoms with Crippen LogP contribution in [0, 0.1) is 5.92 Å². The van der Waals surface area contributed by atoms with Crippen LogP contribution in [-0.4, -0.2) is 37.4 Å². The number of amides is 2. The summed E-state index contributed by atoms with van der Waals surface area (Å²) in [7, 11) is 0. The van der Waals surface area contributed by atoms with Gasteiger partial charge in [-0.1, -0.05) is 13.8 Å². The molecule has 8 heteroatoms. The predicted octanol–water partition coefficient (Wildman–Crippen LogP) is -0.636. The van der Waals surface area contributed by atoms with Gasteiger partial charge in [0.2, 0.25) is 11.7 Å². The Morgan fingerprint density at radius 1 is 1.42 bits per heavy atom. The van der Waals surface area contributed by atoms with Crippen molar-refractivity contribution >= 4 is 17.6 Å². The summed E-state index contributed by atoms with van der Waals surface area (Å²) in [5.74, 6) is -0.997. The molecule has 0 aliphatic heterocycles. The van der Waals surface area contributed by atoms with Gasteiger partial charge in [-0.25, -0.2) is 9.50 Å². The topological polar surface area (TPSA) is 115 Å². The van der Waals surface area contributed by atoms with Gasteiger partial charge in [-0.15, -0.1) is 5.10 Å². The Bertz CT molecular complexity index is 587. The second-order valence-corrected chi connectivity index (χ2v) is 4.40. The van der Waals surface area contributed by atoms with E-state index in [0.29, 0.717) is 5.78 Å². The number of nitrogens with two attached hydrogens (primary N) is 1. The van der Waals surface area contributed by atoms with Gasteiger partial charge in [-0.05, 0) is 12.0 Å². The maximum absolute atomic E-state index is 11.9. The summed E-state index contributed by atoms with van der Waals surface area (Å²) < 4.78 is 1.38. The molecular formula is C11H14N6O2. The fourth-order valence-electron chi connectivity index (χ4n) is 1.60. The van der Waals surface area contributed by atoms with Crippen molar-refractivity contribution in [3.63, 3.8) is 0 Å². The first-order chi connectivity index (χ1) is 8.99. The van der Waals surface area contributed by atoms with Crippen LogP contribution in [0.2, 0.25) is 0 Å². The summed E-state index contributed by atoms with van der Waals surface area (Å²) in [5.41, 5.74) is 5.23. The van der Waals surface area contributed by atoms with Gasteiger partial charge in [0.05, 0.1) is 0 Å². The fraction of sp³-hybridized carbons (Fsp3) is 0.364. The predicted molar refractivity (Wildman–Crippen MR) is 66.1 cm³/mol. The maximum Gasteiger partial charge on any atom is 0.291 e. The summed E-state index contributed by atoms with van der Waals surface area (Å²) >= 11 is 0. The van der Waals surface area contributed by atoms with Crippen LogP contribution in [0.5, 0.6) is 0 Å². The molecule has 2 aromatic rings. The molecule has 0 bridgehead atoms. The monoisotopic (exact) mass is 262 g/mol. The summed E-state index contributed by atoms with van der Waals surface area (Å²) in [6, 6.07) is 0.913. The minimum atomic E-state index is -0.757. The number of aromatic nitrogens is 4. The van der Waals surface area contributed by atoms with Gasteiger partial charge >= 0.3 is 0 Å². The average Bonchev–Trinajstić information content (AvgIpc) is 2.78. The minimum Gasteiger partial charge on any atom is -0.368 e. The SMILES string of the molecule is CC(C)[C@@H](NC(=O)c1nc2ncccn2n1)C(N)=O. The van der Waals surface area contributed by atoms with Crippen LogP contribution in [0.4, 0.5) is 0 Å². The molecule has 19 heavy (non-hydrogen) atoms. The molecule has 0 aliphatic carbocycles. The number of nitrogens with zero attached hydrogens (tertiary/aromatic N) is 4. The Labute approximate surface area is 109 Å². The van der Waals surface area contributed by atoms with E-state index < -0.39 is 17.9 Å². The second-order valence-electron chi connectivity index (χ2n) is 4.40. The van der Waals surface area contributed by atoms with Crippen LogP contribution < -0.4 is 11.1 Å². The third kappa shape index (κ3) is 2.67. The number of hydrogen-bond acceptors (Lipinski definition) is 5. The zero-order valence-electron chi connectivity index (χ0n) is 10.6. The molecule has 0 radical (unpaired) electrons. The van der Waals surface area contributed by atoms with E-state index in [-0.39, 0.29) is 11.7 Å². The third-order valence-electron chi connectivity index (χ3n) is 2.58. The highest BCUT2D eigenvalue weighted by molar-refractivity contribution is 5.94. The highest BCUT2D eigenvalue weighted by atomic mass is 16.2. The van der Waals surface area contributed by atoms with Crippen molar-refractivity contribution in [3.05, 3.63) is 24.3 Å². The molecule has 0 unspecified atom stereocenters. The molecule has 2 aromatic heterocycles. The smallest absolute Gasteiger partial charge is 0.291 e. The van der Waals surface area contributed by atoms with Gasteiger partial charge in [-0.3, -0.25) is 9.59 Å². The molecule has 0 saturated carbocycles. The summed E-state index contributed by atoms with van der Waals surface area (Å²) in [6.07, 6.45) is 3.17. The van der Waals surface area contributed by atoms with E-state index in [4.69, 9.17) is 5.73 Å². The third-order valence-corrected chi connectivity index (χ3v) is 2.58. The van der Waals surface area contributed by atoms with E-state index >= 15 is 0 Å². The molecule has 1 atom stereocenters. The number of carbonyl (C=O) groups is 2. The first-order valence-corrected chi connectivity index (χ1v) is 5.76. The summed E-state index contributed by atoms with van der Waals surface area (Å²) in [6.45, 7) is 3.57. The van der Waals surface area contributed by atoms with Crippen molar-refractivity contribution < 1.29 is 9.59 Å². The first kappa shape index (κ1) is 12.9. The molecule has 3 N–H and O–H groups in total. The van der Waals surface area contributed by atoms with Crippen molar-refractivity contribution in [2.75, 3.05) is 0 Å². The second kappa shape index (κ2) is 5.01. The van der Waals surface area contributed by atoms with Crippen LogP contribution in [0.3, 0.4) is 0 Å². The molecule has 0 fully saturated rings. The normalized spacial score (nSPS) is 12.6. The fourth-order valence-corrected chi connectivity index (χ4v) is 1.60. The summed E-state index contributed by atoms with van der Waals surface area (Å²) in [5, 5.41) is 6.48. The molecule has 0 aromatic carbocycles. The van der Waals surface area contributed by atoms with Crippen LogP contribution in [0.25, 0.3) is 5.78 Å². The van der Waals surface area contributed by atoms with Crippen molar-refractivity contribution in [2.45, 2.75) is 19.9 Å². The van der Waals surface area contributed by atoms with Crippen LogP contribution in [0.15, 0.2) is 18.5 Å². The molecule has 0 spiro atoms. The molecule has 2 amide bonds. The summed E-state index contributed by atoms with van der Waals surface area (Å²) in [4.78, 5) is 31.1. The molecule has 8 nitrogen and oxygen atoms in total. The number of hydrogen-bond donors (Lipinski definition) is 2. The Hall–Kier alpha value is -2.51. The minimum absolute atomic E-state index is 0.0504. The van der Waals surface area contributed by atoms with Gasteiger partial charge in [0.25, 0.3) is 11.7 Å². The highest BCUT2D eigenvalue weighted by Gasteiger charge is 2.24. The van der Waals surface area contributed by atoms with E-state index in [1.807, 2.05) is 0 Å². The molecule has 0 aliphatic rings. The van der Waals surface area contributed by atoms with Crippen LogP contribution in [0.1, 0.15) is 24.5 Å². The van der Waals surface area contributed by atoms with Gasteiger partial charge in [0.15, 0.2) is 0 Å². The van der Waals surface area contributed by atoms with Crippen molar-refractivity contribution in [1.29, 1.82) is 0 Å². The van der Waals surface area contributed by atoms with Crippen molar-refractivity contribution in [2.24, 2.45) is 11.7 Å². The number of nitrogens with one attached hydrogen (secondary N) is 1. The van der Waals surface area contributed by atoms with Crippen molar-refractivity contribution in [1.82, 2.24) is 24.9 Å². The highest BCUT2D eigenvalue weighted by Crippen LogP contribution is 2.03.